The summed E-state index contributed by atoms with van der Waals surface area (Å²) in [7, 11) is 0. The molecule has 0 bridgehead atoms. The number of carbonyl (C=O) groups is 1. The van der Waals surface area contributed by atoms with Gasteiger partial charge in [-0.1, -0.05) is 6.07 Å². The summed E-state index contributed by atoms with van der Waals surface area (Å²) in [5, 5.41) is 5.20. The molecule has 1 aromatic rings. The number of nitrogens with one attached hydrogen (secondary N) is 2. The predicted molar refractivity (Wildman–Crippen MR) is 64.7 cm³/mol. The quantitative estimate of drug-likeness (QED) is 0.776. The van der Waals surface area contributed by atoms with Crippen LogP contribution < -0.4 is 10.6 Å². The van der Waals surface area contributed by atoms with Crippen LogP contribution in [0, 0.1) is 12.7 Å². The maximum atomic E-state index is 13.0. The van der Waals surface area contributed by atoms with E-state index in [9.17, 15) is 9.18 Å². The molecule has 1 aromatic carbocycles. The zero-order valence-electron chi connectivity index (χ0n) is 10.0. The van der Waals surface area contributed by atoms with Gasteiger partial charge in [-0.3, -0.25) is 0 Å². The first-order valence-electron chi connectivity index (χ1n) is 5.52. The van der Waals surface area contributed by atoms with E-state index in [4.69, 9.17) is 4.74 Å². The summed E-state index contributed by atoms with van der Waals surface area (Å²) in [6, 6.07) is 3.90. The van der Waals surface area contributed by atoms with Crippen molar-refractivity contribution in [3.63, 3.8) is 0 Å². The van der Waals surface area contributed by atoms with Gasteiger partial charge in [-0.15, -0.1) is 0 Å². The lowest BCUT2D eigenvalue weighted by Gasteiger charge is -2.09. The highest BCUT2D eigenvalue weighted by atomic mass is 19.1. The minimum absolute atomic E-state index is 0.363. The summed E-state index contributed by atoms with van der Waals surface area (Å²) < 4.78 is 18.0. The number of anilines is 1. The van der Waals surface area contributed by atoms with Crippen LogP contribution in [-0.2, 0) is 4.74 Å². The molecule has 0 heterocycles. The Labute approximate surface area is 100 Å². The number of benzene rings is 1. The Morgan fingerprint density at radius 1 is 1.47 bits per heavy atom. The maximum absolute atomic E-state index is 13.0. The van der Waals surface area contributed by atoms with Crippen LogP contribution in [0.15, 0.2) is 18.2 Å². The van der Waals surface area contributed by atoms with Gasteiger partial charge in [-0.2, -0.15) is 0 Å². The first kappa shape index (κ1) is 13.4. The van der Waals surface area contributed by atoms with Gasteiger partial charge >= 0.3 is 6.03 Å². The van der Waals surface area contributed by atoms with Gasteiger partial charge in [0.15, 0.2) is 0 Å². The molecule has 0 fully saturated rings. The molecule has 0 radical (unpaired) electrons. The molecule has 2 N–H and O–H groups in total. The molecule has 17 heavy (non-hydrogen) atoms. The number of aryl methyl sites for hydroxylation is 1. The van der Waals surface area contributed by atoms with E-state index in [1.165, 1.54) is 12.1 Å². The molecule has 0 aromatic heterocycles. The Morgan fingerprint density at radius 3 is 2.94 bits per heavy atom. The van der Waals surface area contributed by atoms with E-state index in [1.807, 2.05) is 6.92 Å². The minimum Gasteiger partial charge on any atom is -0.380 e. The Morgan fingerprint density at radius 2 is 2.24 bits per heavy atom. The molecule has 0 saturated carbocycles. The number of urea groups is 1. The molecular formula is C12H17FN2O2. The molecule has 94 valence electrons. The van der Waals surface area contributed by atoms with E-state index in [0.717, 1.165) is 5.56 Å². The fraction of sp³-hybridized carbons (Fsp3) is 0.417. The highest BCUT2D eigenvalue weighted by Crippen LogP contribution is 2.15. The maximum Gasteiger partial charge on any atom is 0.319 e. The fourth-order valence-corrected chi connectivity index (χ4v) is 1.28. The van der Waals surface area contributed by atoms with E-state index in [2.05, 4.69) is 10.6 Å². The van der Waals surface area contributed by atoms with Crippen molar-refractivity contribution in [1.29, 1.82) is 0 Å². The van der Waals surface area contributed by atoms with Crippen LogP contribution in [-0.4, -0.2) is 25.8 Å². The Bertz CT molecular complexity index is 383. The molecule has 4 nitrogen and oxygen atoms in total. The Kier molecular flexibility index (Phi) is 5.42. The average Bonchev–Trinajstić information content (AvgIpc) is 2.29. The number of carbonyl (C=O) groups excluding carboxylic acids is 1. The van der Waals surface area contributed by atoms with Gasteiger partial charge < -0.3 is 15.4 Å². The third kappa shape index (κ3) is 4.82. The molecule has 0 spiro atoms. The van der Waals surface area contributed by atoms with Crippen LogP contribution in [0.4, 0.5) is 14.9 Å². The normalized spacial score (nSPS) is 10.1. The molecule has 0 unspecified atom stereocenters. The average molecular weight is 240 g/mol. The van der Waals surface area contributed by atoms with Crippen LogP contribution in [0.5, 0.6) is 0 Å². The van der Waals surface area contributed by atoms with Gasteiger partial charge in [0.05, 0.1) is 6.61 Å². The first-order chi connectivity index (χ1) is 8.13. The van der Waals surface area contributed by atoms with E-state index >= 15 is 0 Å². The van der Waals surface area contributed by atoms with Gasteiger partial charge in [0.1, 0.15) is 5.82 Å². The molecule has 0 atom stereocenters. The number of halogens is 1. The molecule has 1 rings (SSSR count). The summed E-state index contributed by atoms with van der Waals surface area (Å²) in [6.45, 7) is 5.19. The monoisotopic (exact) mass is 240 g/mol. The van der Waals surface area contributed by atoms with Crippen molar-refractivity contribution in [3.05, 3.63) is 29.6 Å². The van der Waals surface area contributed by atoms with Crippen molar-refractivity contribution < 1.29 is 13.9 Å². The zero-order valence-corrected chi connectivity index (χ0v) is 10.0. The SMILES string of the molecule is CCOCCNC(=O)Nc1cc(F)ccc1C. The summed E-state index contributed by atoms with van der Waals surface area (Å²) >= 11 is 0. The second-order valence-corrected chi connectivity index (χ2v) is 3.54. The minimum atomic E-state index is -0.375. The van der Waals surface area contributed by atoms with Crippen LogP contribution in [0.1, 0.15) is 12.5 Å². The lowest BCUT2D eigenvalue weighted by atomic mass is 10.2. The standard InChI is InChI=1S/C12H17FN2O2/c1-3-17-7-6-14-12(16)15-11-8-10(13)5-4-9(11)2/h4-5,8H,3,6-7H2,1-2H3,(H2,14,15,16). The highest BCUT2D eigenvalue weighted by Gasteiger charge is 2.04. The Balaban J connectivity index is 2.42. The van der Waals surface area contributed by atoms with E-state index in [1.54, 1.807) is 13.0 Å². The molecule has 0 saturated heterocycles. The largest absolute Gasteiger partial charge is 0.380 e. The number of ether oxygens (including phenoxy) is 1. The molecule has 5 heteroatoms. The summed E-state index contributed by atoms with van der Waals surface area (Å²) in [6.07, 6.45) is 0. The molecule has 0 aliphatic carbocycles. The predicted octanol–water partition coefficient (Wildman–Crippen LogP) is 2.29. The van der Waals surface area contributed by atoms with Crippen LogP contribution >= 0.6 is 0 Å². The Hall–Kier alpha value is -1.62. The van der Waals surface area contributed by atoms with Crippen molar-refractivity contribution in [3.8, 4) is 0 Å². The lowest BCUT2D eigenvalue weighted by Crippen LogP contribution is -2.31. The zero-order chi connectivity index (χ0) is 12.7. The molecule has 2 amide bonds. The van der Waals surface area contributed by atoms with E-state index < -0.39 is 0 Å². The van der Waals surface area contributed by atoms with Gasteiger partial charge in [-0.05, 0) is 31.5 Å². The lowest BCUT2D eigenvalue weighted by molar-refractivity contribution is 0.150. The second kappa shape index (κ2) is 6.85. The third-order valence-corrected chi connectivity index (χ3v) is 2.18. The van der Waals surface area contributed by atoms with Gasteiger partial charge in [0.25, 0.3) is 0 Å². The summed E-state index contributed by atoms with van der Waals surface area (Å²) in [5.74, 6) is -0.375. The van der Waals surface area contributed by atoms with Crippen LogP contribution in [0.25, 0.3) is 0 Å². The van der Waals surface area contributed by atoms with Crippen LogP contribution in [0.3, 0.4) is 0 Å². The van der Waals surface area contributed by atoms with Crippen molar-refractivity contribution in [2.75, 3.05) is 25.1 Å². The fourth-order valence-electron chi connectivity index (χ4n) is 1.28. The second-order valence-electron chi connectivity index (χ2n) is 3.54. The van der Waals surface area contributed by atoms with Crippen molar-refractivity contribution in [2.24, 2.45) is 0 Å². The molecular weight excluding hydrogens is 223 g/mol. The topological polar surface area (TPSA) is 50.4 Å². The smallest absolute Gasteiger partial charge is 0.319 e. The summed E-state index contributed by atoms with van der Waals surface area (Å²) in [5.41, 5.74) is 1.28. The van der Waals surface area contributed by atoms with Crippen molar-refractivity contribution in [1.82, 2.24) is 5.32 Å². The van der Waals surface area contributed by atoms with Gasteiger partial charge in [0.2, 0.25) is 0 Å². The van der Waals surface area contributed by atoms with Gasteiger partial charge in [-0.25, -0.2) is 9.18 Å². The van der Waals surface area contributed by atoms with Gasteiger partial charge in [0, 0.05) is 18.8 Å². The number of amides is 2. The van der Waals surface area contributed by atoms with Crippen molar-refractivity contribution in [2.45, 2.75) is 13.8 Å². The highest BCUT2D eigenvalue weighted by molar-refractivity contribution is 5.89. The summed E-state index contributed by atoms with van der Waals surface area (Å²) in [4.78, 5) is 11.4. The number of rotatable bonds is 5. The first-order valence-corrected chi connectivity index (χ1v) is 5.52. The van der Waals surface area contributed by atoms with Crippen LogP contribution in [0.2, 0.25) is 0 Å². The van der Waals surface area contributed by atoms with E-state index in [-0.39, 0.29) is 11.8 Å². The molecule has 0 aliphatic heterocycles. The number of hydrogen-bond donors (Lipinski definition) is 2. The molecule has 0 aliphatic rings. The van der Waals surface area contributed by atoms with Crippen molar-refractivity contribution >= 4 is 11.7 Å². The van der Waals surface area contributed by atoms with E-state index in [0.29, 0.717) is 25.4 Å². The number of hydrogen-bond acceptors (Lipinski definition) is 2. The third-order valence-electron chi connectivity index (χ3n) is 2.18.